The fraction of sp³-hybridized carbons (Fsp3) is 0.208. The molecule has 0 aliphatic rings. The normalized spacial score (nSPS) is 11.8. The van der Waals surface area contributed by atoms with Gasteiger partial charge in [-0.05, 0) is 61.4 Å². The fourth-order valence-electron chi connectivity index (χ4n) is 3.29. The van der Waals surface area contributed by atoms with E-state index in [4.69, 9.17) is 9.47 Å². The van der Waals surface area contributed by atoms with E-state index >= 15 is 0 Å². The van der Waals surface area contributed by atoms with Gasteiger partial charge in [-0.3, -0.25) is 4.72 Å². The van der Waals surface area contributed by atoms with Gasteiger partial charge in [0.1, 0.15) is 0 Å². The van der Waals surface area contributed by atoms with Crippen molar-refractivity contribution in [3.8, 4) is 22.6 Å². The van der Waals surface area contributed by atoms with Gasteiger partial charge in [0.2, 0.25) is 10.0 Å². The van der Waals surface area contributed by atoms with E-state index in [-0.39, 0.29) is 12.5 Å². The van der Waals surface area contributed by atoms with Gasteiger partial charge in [-0.15, -0.1) is 0 Å². The van der Waals surface area contributed by atoms with Gasteiger partial charge in [-0.25, -0.2) is 17.5 Å². The lowest BCUT2D eigenvalue weighted by molar-refractivity contribution is 0.0483. The molecule has 0 saturated heterocycles. The summed E-state index contributed by atoms with van der Waals surface area (Å²) in [7, 11) is -1.92. The summed E-state index contributed by atoms with van der Waals surface area (Å²) >= 11 is 0. The molecule has 9 heteroatoms. The molecule has 33 heavy (non-hydrogen) atoms. The molecule has 0 aliphatic heterocycles. The Kier molecular flexibility index (Phi) is 6.35. The smallest absolute Gasteiger partial charge is 0.235 e. The number of benzene rings is 3. The first kappa shape index (κ1) is 22.8. The SMILES string of the molecule is COCOc1cc(-n2ncc3cc(-c4ccc(NS(=O)(=O)C(C)C)cc4)ccc32)ccc1F. The molecule has 0 unspecified atom stereocenters. The van der Waals surface area contributed by atoms with Crippen molar-refractivity contribution in [1.29, 1.82) is 0 Å². The molecular weight excluding hydrogens is 445 g/mol. The number of ether oxygens (including phenoxy) is 2. The summed E-state index contributed by atoms with van der Waals surface area (Å²) in [6.07, 6.45) is 1.74. The molecule has 0 fully saturated rings. The number of hydrogen-bond donors (Lipinski definition) is 1. The molecule has 172 valence electrons. The predicted octanol–water partition coefficient (Wildman–Crippen LogP) is 4.96. The second-order valence-electron chi connectivity index (χ2n) is 7.77. The topological polar surface area (TPSA) is 82.4 Å². The third kappa shape index (κ3) is 4.84. The van der Waals surface area contributed by atoms with E-state index in [2.05, 4.69) is 9.82 Å². The Hall–Kier alpha value is -3.43. The van der Waals surface area contributed by atoms with Crippen LogP contribution in [0.15, 0.2) is 66.9 Å². The van der Waals surface area contributed by atoms with Gasteiger partial charge in [-0.1, -0.05) is 18.2 Å². The first-order valence-corrected chi connectivity index (χ1v) is 11.8. The van der Waals surface area contributed by atoms with Crippen molar-refractivity contribution >= 4 is 26.6 Å². The molecule has 1 N–H and O–H groups in total. The zero-order valence-corrected chi connectivity index (χ0v) is 19.3. The van der Waals surface area contributed by atoms with Crippen molar-refractivity contribution in [2.24, 2.45) is 0 Å². The average molecular weight is 470 g/mol. The molecule has 0 amide bonds. The molecular formula is C24H24FN3O4S. The number of sulfonamides is 1. The molecule has 0 spiro atoms. The minimum Gasteiger partial charge on any atom is -0.464 e. The monoisotopic (exact) mass is 469 g/mol. The van der Waals surface area contributed by atoms with Crippen molar-refractivity contribution in [2.45, 2.75) is 19.1 Å². The first-order valence-electron chi connectivity index (χ1n) is 10.3. The van der Waals surface area contributed by atoms with Crippen molar-refractivity contribution in [3.63, 3.8) is 0 Å². The number of halogens is 1. The van der Waals surface area contributed by atoms with Crippen LogP contribution in [-0.4, -0.2) is 37.4 Å². The maximum absolute atomic E-state index is 14.0. The molecule has 3 aromatic carbocycles. The molecule has 0 saturated carbocycles. The van der Waals surface area contributed by atoms with E-state index in [0.29, 0.717) is 11.4 Å². The number of nitrogens with one attached hydrogen (secondary N) is 1. The van der Waals surface area contributed by atoms with Crippen LogP contribution in [0.25, 0.3) is 27.7 Å². The Labute approximate surface area is 191 Å². The van der Waals surface area contributed by atoms with Gasteiger partial charge in [0.25, 0.3) is 0 Å². The summed E-state index contributed by atoms with van der Waals surface area (Å²) in [5, 5.41) is 4.84. The lowest BCUT2D eigenvalue weighted by Crippen LogP contribution is -2.22. The number of nitrogens with zero attached hydrogens (tertiary/aromatic N) is 2. The molecule has 1 aromatic heterocycles. The van der Waals surface area contributed by atoms with Gasteiger partial charge >= 0.3 is 0 Å². The maximum atomic E-state index is 14.0. The summed E-state index contributed by atoms with van der Waals surface area (Å²) < 4.78 is 52.5. The molecule has 4 aromatic rings. The van der Waals surface area contributed by atoms with Crippen LogP contribution in [0.1, 0.15) is 13.8 Å². The van der Waals surface area contributed by atoms with E-state index in [0.717, 1.165) is 22.0 Å². The Morgan fingerprint density at radius 1 is 1.03 bits per heavy atom. The lowest BCUT2D eigenvalue weighted by atomic mass is 10.0. The standard InChI is InChI=1S/C24H24FN3O4S/c1-16(2)33(29,30)27-20-7-4-17(5-8-20)18-6-11-23-19(12-18)14-26-28(23)21-9-10-22(25)24(13-21)32-15-31-3/h4-14,16,27H,15H2,1-3H3. The van der Waals surface area contributed by atoms with Gasteiger partial charge in [0, 0.05) is 24.2 Å². The highest BCUT2D eigenvalue weighted by molar-refractivity contribution is 7.93. The van der Waals surface area contributed by atoms with Crippen molar-refractivity contribution in [2.75, 3.05) is 18.6 Å². The quantitative estimate of drug-likeness (QED) is 0.369. The Balaban J connectivity index is 1.61. The highest BCUT2D eigenvalue weighted by Gasteiger charge is 2.15. The minimum atomic E-state index is -3.39. The van der Waals surface area contributed by atoms with E-state index in [1.807, 2.05) is 30.3 Å². The van der Waals surface area contributed by atoms with E-state index in [9.17, 15) is 12.8 Å². The lowest BCUT2D eigenvalue weighted by Gasteiger charge is -2.11. The molecule has 0 radical (unpaired) electrons. The Morgan fingerprint density at radius 3 is 2.45 bits per heavy atom. The van der Waals surface area contributed by atoms with Crippen LogP contribution in [0.4, 0.5) is 10.1 Å². The summed E-state index contributed by atoms with van der Waals surface area (Å²) in [6.45, 7) is 3.21. The zero-order chi connectivity index (χ0) is 23.6. The third-order valence-electron chi connectivity index (χ3n) is 5.16. The largest absolute Gasteiger partial charge is 0.464 e. The van der Waals surface area contributed by atoms with Crippen molar-refractivity contribution < 1.29 is 22.3 Å². The summed E-state index contributed by atoms with van der Waals surface area (Å²) in [6, 6.07) is 17.6. The third-order valence-corrected chi connectivity index (χ3v) is 6.92. The Bertz CT molecular complexity index is 1380. The number of anilines is 1. The number of rotatable bonds is 8. The minimum absolute atomic E-state index is 0.0543. The number of methoxy groups -OCH3 is 1. The van der Waals surface area contributed by atoms with Gasteiger partial charge < -0.3 is 9.47 Å². The predicted molar refractivity (Wildman–Crippen MR) is 127 cm³/mol. The first-order chi connectivity index (χ1) is 15.8. The van der Waals surface area contributed by atoms with E-state index in [1.54, 1.807) is 49.0 Å². The van der Waals surface area contributed by atoms with Gasteiger partial charge in [0.05, 0.1) is 22.7 Å². The highest BCUT2D eigenvalue weighted by atomic mass is 32.2. The van der Waals surface area contributed by atoms with Crippen LogP contribution in [0.3, 0.4) is 0 Å². The second-order valence-corrected chi connectivity index (χ2v) is 10.0. The van der Waals surface area contributed by atoms with Crippen LogP contribution in [0.2, 0.25) is 0 Å². The maximum Gasteiger partial charge on any atom is 0.235 e. The zero-order valence-electron chi connectivity index (χ0n) is 18.4. The van der Waals surface area contributed by atoms with E-state index in [1.165, 1.54) is 13.2 Å². The molecule has 0 atom stereocenters. The number of aromatic nitrogens is 2. The van der Waals surface area contributed by atoms with Gasteiger partial charge in [-0.2, -0.15) is 5.10 Å². The number of hydrogen-bond acceptors (Lipinski definition) is 5. The van der Waals surface area contributed by atoms with Crippen LogP contribution in [0.5, 0.6) is 5.75 Å². The Morgan fingerprint density at radius 2 is 1.76 bits per heavy atom. The van der Waals surface area contributed by atoms with Crippen LogP contribution in [0, 0.1) is 5.82 Å². The molecule has 7 nitrogen and oxygen atoms in total. The van der Waals surface area contributed by atoms with Crippen molar-refractivity contribution in [3.05, 3.63) is 72.7 Å². The second kappa shape index (κ2) is 9.21. The molecule has 4 rings (SSSR count). The molecule has 0 bridgehead atoms. The van der Waals surface area contributed by atoms with Crippen LogP contribution in [-0.2, 0) is 14.8 Å². The summed E-state index contributed by atoms with van der Waals surface area (Å²) in [4.78, 5) is 0. The van der Waals surface area contributed by atoms with E-state index < -0.39 is 21.1 Å². The fourth-order valence-corrected chi connectivity index (χ4v) is 3.99. The van der Waals surface area contributed by atoms with Crippen LogP contribution < -0.4 is 9.46 Å². The highest BCUT2D eigenvalue weighted by Crippen LogP contribution is 2.28. The average Bonchev–Trinajstić information content (AvgIpc) is 3.22. The molecule has 0 aliphatic carbocycles. The summed E-state index contributed by atoms with van der Waals surface area (Å²) in [5.41, 5.74) is 3.93. The summed E-state index contributed by atoms with van der Waals surface area (Å²) in [5.74, 6) is -0.392. The van der Waals surface area contributed by atoms with Gasteiger partial charge in [0.15, 0.2) is 18.4 Å². The van der Waals surface area contributed by atoms with Crippen LogP contribution >= 0.6 is 0 Å². The molecule has 1 heterocycles. The number of fused-ring (bicyclic) bond motifs is 1. The van der Waals surface area contributed by atoms with Crippen molar-refractivity contribution in [1.82, 2.24) is 9.78 Å².